The number of ether oxygens (including phenoxy) is 1. The van der Waals surface area contributed by atoms with Gasteiger partial charge in [0.1, 0.15) is 6.10 Å². The van der Waals surface area contributed by atoms with Crippen LogP contribution < -0.4 is 15.4 Å². The van der Waals surface area contributed by atoms with E-state index in [4.69, 9.17) is 4.74 Å². The van der Waals surface area contributed by atoms with Gasteiger partial charge in [0.15, 0.2) is 5.82 Å². The van der Waals surface area contributed by atoms with E-state index in [-0.39, 0.29) is 18.5 Å². The molecule has 1 aromatic carbocycles. The van der Waals surface area contributed by atoms with Crippen molar-refractivity contribution in [2.75, 3.05) is 18.4 Å². The van der Waals surface area contributed by atoms with Crippen molar-refractivity contribution in [3.63, 3.8) is 0 Å². The van der Waals surface area contributed by atoms with Crippen molar-refractivity contribution in [1.29, 1.82) is 0 Å². The van der Waals surface area contributed by atoms with Crippen molar-refractivity contribution in [3.8, 4) is 5.88 Å². The predicted molar refractivity (Wildman–Crippen MR) is 85.3 cm³/mol. The first-order valence-electron chi connectivity index (χ1n) is 7.29. The van der Waals surface area contributed by atoms with Crippen LogP contribution >= 0.6 is 12.4 Å². The van der Waals surface area contributed by atoms with Crippen LogP contribution in [0.1, 0.15) is 19.3 Å². The molecule has 1 saturated heterocycles. The monoisotopic (exact) mass is 306 g/mol. The normalized spacial score (nSPS) is 21.0. The quantitative estimate of drug-likeness (QED) is 0.908. The van der Waals surface area contributed by atoms with Gasteiger partial charge in [-0.1, -0.05) is 12.1 Å². The molecule has 2 N–H and O–H groups in total. The highest BCUT2D eigenvalue weighted by Crippen LogP contribution is 2.30. The van der Waals surface area contributed by atoms with Gasteiger partial charge in [-0.2, -0.15) is 0 Å². The maximum absolute atomic E-state index is 6.04. The zero-order chi connectivity index (χ0) is 13.4. The molecular formula is C15H19ClN4O. The molecule has 0 bridgehead atoms. The second kappa shape index (κ2) is 6.03. The van der Waals surface area contributed by atoms with Gasteiger partial charge in [-0.05, 0) is 37.9 Å². The molecule has 21 heavy (non-hydrogen) atoms. The van der Waals surface area contributed by atoms with Crippen LogP contribution in [0.25, 0.3) is 11.0 Å². The first kappa shape index (κ1) is 14.4. The maximum Gasteiger partial charge on any atom is 0.258 e. The first-order valence-corrected chi connectivity index (χ1v) is 7.29. The third-order valence-corrected chi connectivity index (χ3v) is 3.75. The van der Waals surface area contributed by atoms with Crippen molar-refractivity contribution in [2.45, 2.75) is 31.4 Å². The molecule has 0 spiro atoms. The number of nitrogens with one attached hydrogen (secondary N) is 2. The summed E-state index contributed by atoms with van der Waals surface area (Å²) < 4.78 is 6.04. The number of halogens is 1. The maximum atomic E-state index is 6.04. The largest absolute Gasteiger partial charge is 0.470 e. The van der Waals surface area contributed by atoms with Crippen LogP contribution in [0.5, 0.6) is 5.88 Å². The Morgan fingerprint density at radius 1 is 1.10 bits per heavy atom. The van der Waals surface area contributed by atoms with Gasteiger partial charge in [-0.3, -0.25) is 0 Å². The van der Waals surface area contributed by atoms with Crippen molar-refractivity contribution >= 4 is 29.3 Å². The van der Waals surface area contributed by atoms with E-state index in [1.807, 2.05) is 24.3 Å². The summed E-state index contributed by atoms with van der Waals surface area (Å²) in [7, 11) is 0. The van der Waals surface area contributed by atoms with Gasteiger partial charge in [-0.25, -0.2) is 9.97 Å². The molecule has 2 aromatic rings. The lowest BCUT2D eigenvalue weighted by atomic mass is 10.3. The molecule has 0 amide bonds. The fraction of sp³-hybridized carbons (Fsp3) is 0.467. The summed E-state index contributed by atoms with van der Waals surface area (Å²) in [6.07, 6.45) is 3.64. The van der Waals surface area contributed by atoms with Gasteiger partial charge in [0.05, 0.1) is 11.0 Å². The second-order valence-corrected chi connectivity index (χ2v) is 5.52. The molecular weight excluding hydrogens is 288 g/mol. The Morgan fingerprint density at radius 3 is 2.52 bits per heavy atom. The van der Waals surface area contributed by atoms with Gasteiger partial charge in [0.25, 0.3) is 5.88 Å². The molecule has 5 nitrogen and oxygen atoms in total. The van der Waals surface area contributed by atoms with Crippen molar-refractivity contribution in [1.82, 2.24) is 15.3 Å². The fourth-order valence-electron chi connectivity index (χ4n) is 2.47. The molecule has 1 aliphatic carbocycles. The Hall–Kier alpha value is -1.59. The molecule has 112 valence electrons. The average Bonchev–Trinajstić information content (AvgIpc) is 3.13. The second-order valence-electron chi connectivity index (χ2n) is 5.52. The summed E-state index contributed by atoms with van der Waals surface area (Å²) in [5.74, 6) is 1.43. The van der Waals surface area contributed by atoms with Gasteiger partial charge >= 0.3 is 0 Å². The van der Waals surface area contributed by atoms with E-state index in [0.717, 1.165) is 36.4 Å². The zero-order valence-corrected chi connectivity index (χ0v) is 12.5. The minimum atomic E-state index is 0. The molecule has 1 aliphatic heterocycles. The minimum absolute atomic E-state index is 0. The number of aromatic nitrogens is 2. The molecule has 1 saturated carbocycles. The number of hydrogen-bond acceptors (Lipinski definition) is 5. The zero-order valence-electron chi connectivity index (χ0n) is 11.7. The molecule has 2 heterocycles. The van der Waals surface area contributed by atoms with Crippen LogP contribution in [0.3, 0.4) is 0 Å². The smallest absolute Gasteiger partial charge is 0.258 e. The van der Waals surface area contributed by atoms with E-state index in [9.17, 15) is 0 Å². The van der Waals surface area contributed by atoms with Gasteiger partial charge in [0, 0.05) is 12.6 Å². The lowest BCUT2D eigenvalue weighted by molar-refractivity contribution is 0.215. The molecule has 0 radical (unpaired) electrons. The average molecular weight is 307 g/mol. The summed E-state index contributed by atoms with van der Waals surface area (Å²) >= 11 is 0. The molecule has 6 heteroatoms. The molecule has 1 unspecified atom stereocenters. The van der Waals surface area contributed by atoms with Crippen LogP contribution in [0.15, 0.2) is 24.3 Å². The van der Waals surface area contributed by atoms with E-state index in [0.29, 0.717) is 11.9 Å². The van der Waals surface area contributed by atoms with E-state index in [2.05, 4.69) is 20.6 Å². The Bertz CT molecular complexity index is 626. The van der Waals surface area contributed by atoms with Crippen LogP contribution in [0, 0.1) is 0 Å². The SMILES string of the molecule is Cl.c1ccc2nc(OC3CCNC3)c(NC3CC3)nc2c1. The highest BCUT2D eigenvalue weighted by Gasteiger charge is 2.25. The van der Waals surface area contributed by atoms with Crippen LogP contribution in [0.4, 0.5) is 5.82 Å². The fourth-order valence-corrected chi connectivity index (χ4v) is 2.47. The van der Waals surface area contributed by atoms with E-state index in [1.165, 1.54) is 12.8 Å². The number of hydrogen-bond donors (Lipinski definition) is 2. The Morgan fingerprint density at radius 2 is 1.86 bits per heavy atom. The lowest BCUT2D eigenvalue weighted by Gasteiger charge is -2.15. The van der Waals surface area contributed by atoms with Crippen molar-refractivity contribution < 1.29 is 4.74 Å². The molecule has 1 atom stereocenters. The van der Waals surface area contributed by atoms with Crippen molar-refractivity contribution in [2.24, 2.45) is 0 Å². The third kappa shape index (κ3) is 3.19. The van der Waals surface area contributed by atoms with Crippen LogP contribution in [-0.4, -0.2) is 35.2 Å². The molecule has 4 rings (SSSR count). The summed E-state index contributed by atoms with van der Waals surface area (Å²) in [4.78, 5) is 9.32. The predicted octanol–water partition coefficient (Wildman–Crippen LogP) is 2.37. The Labute approximate surface area is 129 Å². The van der Waals surface area contributed by atoms with Gasteiger partial charge < -0.3 is 15.4 Å². The van der Waals surface area contributed by atoms with E-state index in [1.54, 1.807) is 0 Å². The highest BCUT2D eigenvalue weighted by molar-refractivity contribution is 5.85. The molecule has 1 aromatic heterocycles. The number of fused-ring (bicyclic) bond motifs is 1. The number of nitrogens with zero attached hydrogens (tertiary/aromatic N) is 2. The summed E-state index contributed by atoms with van der Waals surface area (Å²) in [6.45, 7) is 1.90. The van der Waals surface area contributed by atoms with Crippen molar-refractivity contribution in [3.05, 3.63) is 24.3 Å². The van der Waals surface area contributed by atoms with Crippen LogP contribution in [-0.2, 0) is 0 Å². The topological polar surface area (TPSA) is 59.1 Å². The number of benzene rings is 1. The number of rotatable bonds is 4. The molecule has 2 fully saturated rings. The first-order chi connectivity index (χ1) is 9.88. The standard InChI is InChI=1S/C15H18N4O.ClH/c1-2-4-13-12(3-1)18-14(17-10-5-6-10)15(19-13)20-11-7-8-16-9-11;/h1-4,10-11,16H,5-9H2,(H,17,18);1H. The number of anilines is 1. The molecule has 2 aliphatic rings. The van der Waals surface area contributed by atoms with Gasteiger partial charge in [0.2, 0.25) is 0 Å². The van der Waals surface area contributed by atoms with Crippen LogP contribution in [0.2, 0.25) is 0 Å². The highest BCUT2D eigenvalue weighted by atomic mass is 35.5. The Kier molecular flexibility index (Phi) is 4.12. The summed E-state index contributed by atoms with van der Waals surface area (Å²) in [5.41, 5.74) is 1.79. The lowest BCUT2D eigenvalue weighted by Crippen LogP contribution is -2.21. The minimum Gasteiger partial charge on any atom is -0.470 e. The third-order valence-electron chi connectivity index (χ3n) is 3.75. The summed E-state index contributed by atoms with van der Waals surface area (Å²) in [5, 5.41) is 6.74. The van der Waals surface area contributed by atoms with Gasteiger partial charge in [-0.15, -0.1) is 12.4 Å². The summed E-state index contributed by atoms with van der Waals surface area (Å²) in [6, 6.07) is 8.46. The van der Waals surface area contributed by atoms with E-state index >= 15 is 0 Å². The number of para-hydroxylation sites is 2. The Balaban J connectivity index is 0.00000132. The van der Waals surface area contributed by atoms with E-state index < -0.39 is 0 Å².